The molecule has 0 aliphatic rings. The minimum atomic E-state index is -0.843. The van der Waals surface area contributed by atoms with Crippen LogP contribution >= 0.6 is 0 Å². The van der Waals surface area contributed by atoms with E-state index in [-0.39, 0.29) is 18.5 Å². The fraction of sp³-hybridized carbons (Fsp3) is 0.905. The van der Waals surface area contributed by atoms with Gasteiger partial charge in [-0.3, -0.25) is 9.59 Å². The number of carbonyl (C=O) groups is 2. The van der Waals surface area contributed by atoms with E-state index in [0.29, 0.717) is 19.4 Å². The summed E-state index contributed by atoms with van der Waals surface area (Å²) in [6.45, 7) is 4.90. The van der Waals surface area contributed by atoms with E-state index in [2.05, 4.69) is 31.3 Å². The molecule has 6 nitrogen and oxygen atoms in total. The average Bonchev–Trinajstić information content (AvgIpc) is 3.35. The highest BCUT2D eigenvalue weighted by Gasteiger charge is 2.18. The van der Waals surface area contributed by atoms with Crippen molar-refractivity contribution in [2.24, 2.45) is 0 Å². The van der Waals surface area contributed by atoms with E-state index >= 15 is 0 Å². The Morgan fingerprint density at radius 3 is 1.03 bits per heavy atom. The number of nitrogens with one attached hydrogen (secondary N) is 1. The summed E-state index contributed by atoms with van der Waals surface area (Å²) in [5, 5.41) is 22.9. The summed E-state index contributed by atoms with van der Waals surface area (Å²) < 4.78 is 5.50. The first-order valence-corrected chi connectivity index (χ1v) is 31.1. The number of hydrogen-bond acceptors (Lipinski definition) is 5. The van der Waals surface area contributed by atoms with Gasteiger partial charge in [-0.25, -0.2) is 0 Å². The molecular formula is C63H121NO5. The first kappa shape index (κ1) is 67.3. The summed E-state index contributed by atoms with van der Waals surface area (Å²) in [6.07, 6.45) is 72.4. The van der Waals surface area contributed by atoms with Gasteiger partial charge in [0.05, 0.1) is 25.4 Å². The lowest BCUT2D eigenvalue weighted by Gasteiger charge is -2.20. The number of allylic oxidation sites excluding steroid dienone is 3. The van der Waals surface area contributed by atoms with Crippen LogP contribution in [0.4, 0.5) is 0 Å². The van der Waals surface area contributed by atoms with Crippen molar-refractivity contribution >= 4 is 11.9 Å². The number of ether oxygens (including phenoxy) is 1. The molecule has 3 N–H and O–H groups in total. The van der Waals surface area contributed by atoms with Crippen molar-refractivity contribution in [3.05, 3.63) is 24.3 Å². The van der Waals surface area contributed by atoms with E-state index in [4.69, 9.17) is 4.74 Å². The van der Waals surface area contributed by atoms with Crippen molar-refractivity contribution in [1.29, 1.82) is 0 Å². The molecule has 0 aliphatic carbocycles. The molecule has 0 bridgehead atoms. The fourth-order valence-corrected chi connectivity index (χ4v) is 9.69. The summed E-state index contributed by atoms with van der Waals surface area (Å²) in [5.41, 5.74) is 0. The number of unbranched alkanes of at least 4 members (excludes halogenated alkanes) is 45. The lowest BCUT2D eigenvalue weighted by atomic mass is 10.0. The number of rotatable bonds is 58. The number of amides is 1. The summed E-state index contributed by atoms with van der Waals surface area (Å²) >= 11 is 0. The second-order valence-corrected chi connectivity index (χ2v) is 21.4. The predicted octanol–water partition coefficient (Wildman–Crippen LogP) is 19.4. The van der Waals surface area contributed by atoms with E-state index in [1.54, 1.807) is 6.08 Å². The highest BCUT2D eigenvalue weighted by molar-refractivity contribution is 5.76. The fourth-order valence-electron chi connectivity index (χ4n) is 9.69. The molecule has 0 fully saturated rings. The smallest absolute Gasteiger partial charge is 0.305 e. The minimum absolute atomic E-state index is 0.0180. The summed E-state index contributed by atoms with van der Waals surface area (Å²) in [6, 6.07) is -0.626. The van der Waals surface area contributed by atoms with E-state index in [1.807, 2.05) is 6.08 Å². The normalized spacial score (nSPS) is 12.7. The third kappa shape index (κ3) is 55.5. The molecule has 6 heteroatoms. The van der Waals surface area contributed by atoms with E-state index in [1.165, 1.54) is 276 Å². The van der Waals surface area contributed by atoms with Crippen LogP contribution in [0.15, 0.2) is 24.3 Å². The van der Waals surface area contributed by atoms with Crippen LogP contribution in [0.2, 0.25) is 0 Å². The molecule has 0 spiro atoms. The largest absolute Gasteiger partial charge is 0.466 e. The molecule has 0 radical (unpaired) electrons. The van der Waals surface area contributed by atoms with Crippen molar-refractivity contribution < 1.29 is 24.5 Å². The zero-order valence-corrected chi connectivity index (χ0v) is 46.6. The lowest BCUT2D eigenvalue weighted by molar-refractivity contribution is -0.143. The van der Waals surface area contributed by atoms with Gasteiger partial charge < -0.3 is 20.3 Å². The summed E-state index contributed by atoms with van der Waals surface area (Å²) in [5.74, 6) is -0.0538. The van der Waals surface area contributed by atoms with Crippen molar-refractivity contribution in [3.63, 3.8) is 0 Å². The van der Waals surface area contributed by atoms with Crippen molar-refractivity contribution in [2.45, 2.75) is 353 Å². The number of hydrogen-bond donors (Lipinski definition) is 3. The highest BCUT2D eigenvalue weighted by atomic mass is 16.5. The van der Waals surface area contributed by atoms with E-state index in [0.717, 1.165) is 38.5 Å². The van der Waals surface area contributed by atoms with Gasteiger partial charge in [0.15, 0.2) is 0 Å². The van der Waals surface area contributed by atoms with Gasteiger partial charge in [0.1, 0.15) is 0 Å². The molecule has 2 atom stereocenters. The lowest BCUT2D eigenvalue weighted by Crippen LogP contribution is -2.45. The van der Waals surface area contributed by atoms with Crippen LogP contribution in [0.3, 0.4) is 0 Å². The van der Waals surface area contributed by atoms with Gasteiger partial charge in [0, 0.05) is 12.8 Å². The second kappa shape index (κ2) is 58.9. The maximum absolute atomic E-state index is 12.4. The molecule has 0 aromatic rings. The standard InChI is InChI=1S/C63H121NO5/c1-3-5-7-9-11-13-14-15-16-27-31-34-37-41-45-49-53-57-63(68)69-58-54-50-46-42-38-35-32-29-26-24-22-20-18-17-19-21-23-25-28-30-33-36-40-44-48-52-56-62(67)64-60(59-65)61(66)55-51-47-43-39-12-10-8-6-4-2/h17,19,51,55,60-61,65-66H,3-16,18,20-50,52-54,56-59H2,1-2H3,(H,64,67)/b19-17-,55-51+. The first-order valence-electron chi connectivity index (χ1n) is 31.1. The van der Waals surface area contributed by atoms with Crippen molar-refractivity contribution in [3.8, 4) is 0 Å². The molecule has 0 saturated heterocycles. The van der Waals surface area contributed by atoms with Gasteiger partial charge in [0.2, 0.25) is 5.91 Å². The van der Waals surface area contributed by atoms with Crippen molar-refractivity contribution in [2.75, 3.05) is 13.2 Å². The number of carbonyl (C=O) groups excluding carboxylic acids is 2. The molecule has 408 valence electrons. The first-order chi connectivity index (χ1) is 34.0. The SMILES string of the molecule is CCCCCCCCC/C=C/C(O)C(CO)NC(=O)CCCCCCCCCCCC/C=C\CCCCCCCCCCCCCCOC(=O)CCCCCCCCCCCCCCCCCCC. The van der Waals surface area contributed by atoms with Crippen LogP contribution in [-0.2, 0) is 14.3 Å². The van der Waals surface area contributed by atoms with Crippen LogP contribution in [0.5, 0.6) is 0 Å². The third-order valence-corrected chi connectivity index (χ3v) is 14.5. The predicted molar refractivity (Wildman–Crippen MR) is 301 cm³/mol. The van der Waals surface area contributed by atoms with Crippen LogP contribution in [0, 0.1) is 0 Å². The van der Waals surface area contributed by atoms with Crippen LogP contribution < -0.4 is 5.32 Å². The Morgan fingerprint density at radius 1 is 0.391 bits per heavy atom. The van der Waals surface area contributed by atoms with Gasteiger partial charge in [-0.15, -0.1) is 0 Å². The monoisotopic (exact) mass is 972 g/mol. The van der Waals surface area contributed by atoms with E-state index in [9.17, 15) is 19.8 Å². The van der Waals surface area contributed by atoms with Crippen LogP contribution in [0.1, 0.15) is 341 Å². The molecular weight excluding hydrogens is 851 g/mol. The highest BCUT2D eigenvalue weighted by Crippen LogP contribution is 2.17. The molecule has 0 aromatic heterocycles. The Labute approximate surface area is 431 Å². The molecule has 0 saturated carbocycles. The molecule has 0 rings (SSSR count). The molecule has 0 heterocycles. The Hall–Kier alpha value is -1.66. The number of esters is 1. The molecule has 2 unspecified atom stereocenters. The Morgan fingerprint density at radius 2 is 0.681 bits per heavy atom. The maximum atomic E-state index is 12.4. The minimum Gasteiger partial charge on any atom is -0.466 e. The topological polar surface area (TPSA) is 95.9 Å². The summed E-state index contributed by atoms with van der Waals surface area (Å²) in [4.78, 5) is 24.5. The molecule has 0 aliphatic heterocycles. The second-order valence-electron chi connectivity index (χ2n) is 21.4. The van der Waals surface area contributed by atoms with Crippen molar-refractivity contribution in [1.82, 2.24) is 5.32 Å². The zero-order valence-electron chi connectivity index (χ0n) is 46.6. The van der Waals surface area contributed by atoms with Crippen LogP contribution in [0.25, 0.3) is 0 Å². The Balaban J connectivity index is 3.35. The quantitative estimate of drug-likeness (QED) is 0.0321. The third-order valence-electron chi connectivity index (χ3n) is 14.5. The number of aliphatic hydroxyl groups is 2. The molecule has 69 heavy (non-hydrogen) atoms. The van der Waals surface area contributed by atoms with E-state index < -0.39 is 12.1 Å². The molecule has 0 aromatic carbocycles. The zero-order chi connectivity index (χ0) is 50.0. The van der Waals surface area contributed by atoms with Gasteiger partial charge >= 0.3 is 5.97 Å². The van der Waals surface area contributed by atoms with Gasteiger partial charge in [-0.1, -0.05) is 295 Å². The maximum Gasteiger partial charge on any atom is 0.305 e. The summed E-state index contributed by atoms with van der Waals surface area (Å²) in [7, 11) is 0. The van der Waals surface area contributed by atoms with Crippen LogP contribution in [-0.4, -0.2) is 47.4 Å². The molecule has 1 amide bonds. The average molecular weight is 973 g/mol. The number of aliphatic hydroxyl groups excluding tert-OH is 2. The van der Waals surface area contributed by atoms with Gasteiger partial charge in [-0.2, -0.15) is 0 Å². The Bertz CT molecular complexity index is 1080. The van der Waals surface area contributed by atoms with Gasteiger partial charge in [-0.05, 0) is 57.8 Å². The Kier molecular flexibility index (Phi) is 57.5. The van der Waals surface area contributed by atoms with Gasteiger partial charge in [0.25, 0.3) is 0 Å².